The summed E-state index contributed by atoms with van der Waals surface area (Å²) in [6.45, 7) is 18.2. The van der Waals surface area contributed by atoms with Gasteiger partial charge in [-0.3, -0.25) is 58.3 Å². The largest absolute Gasteiger partial charge is 0.445 e. The first-order chi connectivity index (χ1) is 48.6. The number of imide groups is 1. The van der Waals surface area contributed by atoms with Gasteiger partial charge in [0.15, 0.2) is 0 Å². The lowest BCUT2D eigenvalue weighted by molar-refractivity contribution is -0.162. The van der Waals surface area contributed by atoms with E-state index in [1.54, 1.807) is 89.6 Å². The van der Waals surface area contributed by atoms with Crippen molar-refractivity contribution in [3.05, 3.63) is 83.4 Å². The van der Waals surface area contributed by atoms with E-state index in [1.165, 1.54) is 26.2 Å². The number of amides is 10. The molecule has 2 aromatic carbocycles. The molecular weight excluding hydrogens is 1340 g/mol. The van der Waals surface area contributed by atoms with Gasteiger partial charge < -0.3 is 56.1 Å². The van der Waals surface area contributed by atoms with Crippen LogP contribution in [-0.2, 0) is 70.4 Å². The lowest BCUT2D eigenvalue weighted by Crippen LogP contribution is -2.60. The van der Waals surface area contributed by atoms with Gasteiger partial charge in [-0.2, -0.15) is 13.2 Å². The van der Waals surface area contributed by atoms with Gasteiger partial charge in [-0.25, -0.2) is 9.59 Å². The number of hydrogen-bond donors (Lipinski definition) is 7. The normalized spacial score (nSPS) is 17.5. The molecule has 0 aliphatic carbocycles. The lowest BCUT2D eigenvalue weighted by Gasteiger charge is -2.41. The first-order valence-corrected chi connectivity index (χ1v) is 36.2. The van der Waals surface area contributed by atoms with Crippen LogP contribution in [0.2, 0.25) is 0 Å². The van der Waals surface area contributed by atoms with Crippen molar-refractivity contribution in [1.29, 1.82) is 0 Å². The average molecular weight is 1450 g/mol. The van der Waals surface area contributed by atoms with Crippen LogP contribution < -0.4 is 32.3 Å². The molecule has 13 atom stereocenters. The number of carbonyl (C=O) groups is 11. The summed E-state index contributed by atoms with van der Waals surface area (Å²) >= 11 is 0. The molecule has 1 fully saturated rings. The van der Waals surface area contributed by atoms with E-state index >= 15 is 0 Å². The minimum atomic E-state index is -4.75. The Kier molecular flexibility index (Phi) is 36.4. The summed E-state index contributed by atoms with van der Waals surface area (Å²) in [6.07, 6.45) is -2.91. The Morgan fingerprint density at radius 1 is 0.699 bits per heavy atom. The number of halogens is 3. The number of hydrogen-bond acceptors (Lipinski definition) is 16. The number of methoxy groups -OCH3 is 2. The number of aliphatic hydroxyl groups is 1. The number of likely N-dealkylation sites (tertiary alicyclic amines) is 1. The molecule has 13 unspecified atom stereocenters. The predicted molar refractivity (Wildman–Crippen MR) is 382 cm³/mol. The minimum Gasteiger partial charge on any atom is -0.445 e. The van der Waals surface area contributed by atoms with Gasteiger partial charge in [-0.05, 0) is 91.2 Å². The third kappa shape index (κ3) is 27.0. The van der Waals surface area contributed by atoms with E-state index in [0.29, 0.717) is 36.9 Å². The van der Waals surface area contributed by atoms with Crippen molar-refractivity contribution >= 4 is 65.0 Å². The number of carbonyl (C=O) groups excluding carboxylic acids is 11. The molecule has 2 heterocycles. The van der Waals surface area contributed by atoms with E-state index in [-0.39, 0.29) is 120 Å². The van der Waals surface area contributed by atoms with Gasteiger partial charge in [-0.15, -0.1) is 0 Å². The summed E-state index contributed by atoms with van der Waals surface area (Å²) in [4.78, 5) is 152. The molecule has 576 valence electrons. The number of rotatable bonds is 45. The molecule has 0 spiro atoms. The fourth-order valence-electron chi connectivity index (χ4n) is 13.5. The summed E-state index contributed by atoms with van der Waals surface area (Å²) in [5.74, 6) is -6.61. The zero-order chi connectivity index (χ0) is 77.0. The second-order valence-electron chi connectivity index (χ2n) is 28.6. The third-order valence-electron chi connectivity index (χ3n) is 19.7. The number of primary amides is 1. The summed E-state index contributed by atoms with van der Waals surface area (Å²) in [6, 6.07) is 7.27. The van der Waals surface area contributed by atoms with E-state index in [2.05, 4.69) is 26.6 Å². The predicted octanol–water partition coefficient (Wildman–Crippen LogP) is 7.64. The number of nitrogens with two attached hydrogens (primary N) is 1. The summed E-state index contributed by atoms with van der Waals surface area (Å²) in [5.41, 5.74) is 7.14. The number of likely N-dealkylation sites (N-methyl/N-ethyl adjacent to an activating group) is 2. The number of nitrogens with zero attached hydrogens (tertiary/aromatic N) is 4. The van der Waals surface area contributed by atoms with E-state index in [0.717, 1.165) is 22.6 Å². The molecule has 0 aromatic heterocycles. The fourth-order valence-corrected chi connectivity index (χ4v) is 13.5. The molecule has 8 N–H and O–H groups in total. The molecule has 10 amide bonds. The van der Waals surface area contributed by atoms with Crippen LogP contribution in [-0.4, -0.2) is 205 Å². The van der Waals surface area contributed by atoms with Crippen molar-refractivity contribution in [2.24, 2.45) is 41.2 Å². The Morgan fingerprint density at radius 3 is 1.89 bits per heavy atom. The van der Waals surface area contributed by atoms with Crippen molar-refractivity contribution in [2.75, 3.05) is 54.5 Å². The smallest absolute Gasteiger partial charge is 0.410 e. The van der Waals surface area contributed by atoms with Crippen LogP contribution in [0.5, 0.6) is 0 Å². The van der Waals surface area contributed by atoms with Crippen molar-refractivity contribution in [3.8, 4) is 0 Å². The van der Waals surface area contributed by atoms with Crippen LogP contribution in [0.1, 0.15) is 176 Å². The van der Waals surface area contributed by atoms with Crippen molar-refractivity contribution in [2.45, 2.75) is 233 Å². The number of ether oxygens (including phenoxy) is 3. The molecule has 2 aliphatic rings. The molecule has 2 aliphatic heterocycles. The summed E-state index contributed by atoms with van der Waals surface area (Å²) < 4.78 is 60.9. The van der Waals surface area contributed by atoms with E-state index in [4.69, 9.17) is 19.9 Å². The zero-order valence-electron chi connectivity index (χ0n) is 62.7. The maximum absolute atomic E-state index is 14.8. The number of Topliss-reactive ketones (excluding diaryl/α,β-unsaturated/α-hetero) is 2. The number of ketones is 2. The lowest BCUT2D eigenvalue weighted by atomic mass is 9.85. The zero-order valence-corrected chi connectivity index (χ0v) is 62.7. The number of unbranched alkanes of at least 4 members (excludes halogenated alkanes) is 2. The first kappa shape index (κ1) is 87.6. The van der Waals surface area contributed by atoms with Gasteiger partial charge in [0.2, 0.25) is 29.5 Å². The van der Waals surface area contributed by atoms with Gasteiger partial charge in [0, 0.05) is 91.8 Å². The van der Waals surface area contributed by atoms with Crippen LogP contribution in [0.3, 0.4) is 0 Å². The van der Waals surface area contributed by atoms with E-state index in [1.807, 2.05) is 51.1 Å². The van der Waals surface area contributed by atoms with Crippen molar-refractivity contribution in [3.63, 3.8) is 0 Å². The second kappa shape index (κ2) is 42.8. The van der Waals surface area contributed by atoms with Gasteiger partial charge >= 0.3 is 18.3 Å². The van der Waals surface area contributed by atoms with E-state index < -0.39 is 144 Å². The first-order valence-electron chi connectivity index (χ1n) is 36.2. The highest BCUT2D eigenvalue weighted by molar-refractivity contribution is 6.12. The van der Waals surface area contributed by atoms with Crippen LogP contribution in [0.25, 0.3) is 0 Å². The van der Waals surface area contributed by atoms with Crippen molar-refractivity contribution < 1.29 is 85.2 Å². The molecule has 4 rings (SSSR count). The van der Waals surface area contributed by atoms with Gasteiger partial charge in [0.1, 0.15) is 42.3 Å². The quantitative estimate of drug-likeness (QED) is 0.0247. The van der Waals surface area contributed by atoms with E-state index in [9.17, 15) is 71.0 Å². The van der Waals surface area contributed by atoms with Crippen LogP contribution >= 0.6 is 0 Å². The molecule has 0 bridgehead atoms. The molecule has 1 saturated heterocycles. The van der Waals surface area contributed by atoms with Crippen LogP contribution in [0.4, 0.5) is 22.8 Å². The molecule has 25 nitrogen and oxygen atoms in total. The number of aliphatic hydroxyl groups excluding tert-OH is 1. The SMILES string of the molecule is CCC(C)C(C(CC(=O)N1CCCC1C(OC)C(C)C(=O)CC(C)C(O)c1ccccc1)OC)N(C)C(=O)C(NC(=O)C(C(C)C)N(C)C(=O)OCc1ccc(CC(=O)CCCNC(=O)C(CCCNC(N)=O)NC(=O)C(NC(CCCCCN2C(=O)C=CC2=O)C(F)(F)F)C(C)C)cc1)C(C)C. The fraction of sp³-hybridized carbons (Fsp3) is 0.667. The molecule has 2 aromatic rings. The Labute approximate surface area is 605 Å². The Bertz CT molecular complexity index is 3120. The van der Waals surface area contributed by atoms with Crippen molar-refractivity contribution in [1.82, 2.24) is 46.2 Å². The molecule has 0 saturated carbocycles. The average Bonchev–Trinajstić information content (AvgIpc) is 1.55. The monoisotopic (exact) mass is 1450 g/mol. The van der Waals surface area contributed by atoms with Gasteiger partial charge in [-0.1, -0.05) is 143 Å². The number of benzene rings is 2. The number of alkyl halides is 3. The topological polar surface area (TPSA) is 335 Å². The minimum absolute atomic E-state index is 0.00904. The number of nitrogens with one attached hydrogen (secondary N) is 5. The van der Waals surface area contributed by atoms with Crippen LogP contribution in [0.15, 0.2) is 66.7 Å². The molecule has 103 heavy (non-hydrogen) atoms. The van der Waals surface area contributed by atoms with Crippen LogP contribution in [0, 0.1) is 35.5 Å². The Hall–Kier alpha value is -7.82. The van der Waals surface area contributed by atoms with Gasteiger partial charge in [0.25, 0.3) is 11.8 Å². The van der Waals surface area contributed by atoms with Gasteiger partial charge in [0.05, 0.1) is 42.9 Å². The summed E-state index contributed by atoms with van der Waals surface area (Å²) in [5, 5.41) is 24.1. The highest BCUT2D eigenvalue weighted by Gasteiger charge is 2.45. The third-order valence-corrected chi connectivity index (χ3v) is 19.7. The Balaban J connectivity index is 1.31. The highest BCUT2D eigenvalue weighted by Crippen LogP contribution is 2.33. The second-order valence-corrected chi connectivity index (χ2v) is 28.6. The molecule has 28 heteroatoms. The maximum Gasteiger partial charge on any atom is 0.410 e. The molecule has 0 radical (unpaired) electrons. The standard InChI is InChI=1S/C75H115F3N10O15/c1-15-48(8)66(58(101-13)43-62(93)87-40-24-29-56(87)68(102-14)50(10)57(90)41-49(9)67(94)53-25-18-16-19-26-53)85(11)72(98)64(46(4)5)84-71(97)65(47(6)7)86(12)74(100)103-44-52-33-31-51(32-34-52)42-54(89)27-22-37-80-69(95)55(28-23-38-81-73(79)99)82-70(96)63(45(2)3)83-59(75(76,77)78)30-20-17-21-39-88-60(91)35-36-61(88)92/h16,18-19,25-26,31-36,45-50,55-56,58-59,63-68,83,94H,15,17,20-24,27-30,37-44H2,1-14H3,(H,80,95)(H,82,96)(H,84,97)(H3,79,81,99). The Morgan fingerprint density at radius 2 is 1.32 bits per heavy atom. The molecular formula is C75H115F3N10O15. The highest BCUT2D eigenvalue weighted by atomic mass is 19.4. The summed E-state index contributed by atoms with van der Waals surface area (Å²) in [7, 11) is 6.11. The number of urea groups is 1. The maximum atomic E-state index is 14.8.